The summed E-state index contributed by atoms with van der Waals surface area (Å²) in [6.07, 6.45) is 1.72. The number of benzene rings is 1. The lowest BCUT2D eigenvalue weighted by Crippen LogP contribution is -2.39. The van der Waals surface area contributed by atoms with Crippen molar-refractivity contribution in [3.8, 4) is 5.75 Å². The highest BCUT2D eigenvalue weighted by atomic mass is 32.1. The van der Waals surface area contributed by atoms with E-state index < -0.39 is 0 Å². The Morgan fingerprint density at radius 2 is 1.97 bits per heavy atom. The summed E-state index contributed by atoms with van der Waals surface area (Å²) >= 11 is 1.52. The molecule has 0 N–H and O–H groups in total. The van der Waals surface area contributed by atoms with Gasteiger partial charge in [-0.15, -0.1) is 0 Å². The second-order valence-electron chi connectivity index (χ2n) is 6.82. The van der Waals surface area contributed by atoms with E-state index in [2.05, 4.69) is 23.8 Å². The number of anilines is 1. The maximum atomic E-state index is 13.5. The molecule has 3 rings (SSSR count). The molecule has 0 fully saturated rings. The van der Waals surface area contributed by atoms with Crippen LogP contribution in [0.15, 0.2) is 24.4 Å². The average Bonchev–Trinajstić information content (AvgIpc) is 3.29. The molecule has 1 amide bonds. The summed E-state index contributed by atoms with van der Waals surface area (Å²) in [6.45, 7) is 11.9. The number of rotatable bonds is 9. The van der Waals surface area contributed by atoms with Gasteiger partial charge in [-0.05, 0) is 44.6 Å². The third kappa shape index (κ3) is 4.43. The zero-order chi connectivity index (χ0) is 21.0. The lowest BCUT2D eigenvalue weighted by atomic mass is 10.2. The van der Waals surface area contributed by atoms with Gasteiger partial charge in [0.2, 0.25) is 0 Å². The van der Waals surface area contributed by atoms with Crippen molar-refractivity contribution in [3.05, 3.63) is 35.7 Å². The molecule has 3 aromatic rings. The molecule has 0 bridgehead atoms. The van der Waals surface area contributed by atoms with Gasteiger partial charge in [0.05, 0.1) is 17.5 Å². The van der Waals surface area contributed by atoms with Crippen LogP contribution in [0.5, 0.6) is 5.75 Å². The molecular weight excluding hydrogens is 386 g/mol. The molecule has 8 heteroatoms. The minimum Gasteiger partial charge on any atom is -0.492 e. The van der Waals surface area contributed by atoms with E-state index in [9.17, 15) is 4.79 Å². The number of thiazole rings is 1. The molecule has 0 aliphatic heterocycles. The molecule has 0 radical (unpaired) electrons. The van der Waals surface area contributed by atoms with Crippen LogP contribution in [0.25, 0.3) is 10.2 Å². The number of aryl methyl sites for hydroxylation is 2. The number of amides is 1. The summed E-state index contributed by atoms with van der Waals surface area (Å²) in [4.78, 5) is 22.4. The molecule has 0 atom stereocenters. The summed E-state index contributed by atoms with van der Waals surface area (Å²) in [6, 6.07) is 5.90. The minimum absolute atomic E-state index is 0.0772. The van der Waals surface area contributed by atoms with E-state index in [1.54, 1.807) is 22.8 Å². The van der Waals surface area contributed by atoms with Crippen LogP contribution >= 0.6 is 11.3 Å². The first kappa shape index (κ1) is 21.3. The van der Waals surface area contributed by atoms with Crippen LogP contribution in [0.3, 0.4) is 0 Å². The standard InChI is InChI=1S/C21H29N5O2S/c1-6-25(7-2)12-13-26(20(27)19-15(4)14-22-24(19)5)21-23-18-16(28-8-3)10-9-11-17(18)29-21/h9-11,14H,6-8,12-13H2,1-5H3. The first-order valence-electron chi connectivity index (χ1n) is 10.0. The van der Waals surface area contributed by atoms with Crippen LogP contribution in [-0.4, -0.2) is 58.4 Å². The van der Waals surface area contributed by atoms with Crippen molar-refractivity contribution in [1.29, 1.82) is 0 Å². The van der Waals surface area contributed by atoms with E-state index in [4.69, 9.17) is 9.72 Å². The van der Waals surface area contributed by atoms with Crippen LogP contribution < -0.4 is 9.64 Å². The van der Waals surface area contributed by atoms with Crippen LogP contribution in [-0.2, 0) is 7.05 Å². The number of ether oxygens (including phenoxy) is 1. The number of aromatic nitrogens is 3. The molecule has 0 spiro atoms. The number of hydrogen-bond donors (Lipinski definition) is 0. The number of hydrogen-bond acceptors (Lipinski definition) is 6. The summed E-state index contributed by atoms with van der Waals surface area (Å²) in [5.41, 5.74) is 2.26. The van der Waals surface area contributed by atoms with E-state index in [0.717, 1.165) is 41.2 Å². The van der Waals surface area contributed by atoms with Crippen molar-refractivity contribution in [2.24, 2.45) is 7.05 Å². The number of para-hydroxylation sites is 1. The van der Waals surface area contributed by atoms with Crippen LogP contribution in [0.4, 0.5) is 5.13 Å². The van der Waals surface area contributed by atoms with E-state index in [-0.39, 0.29) is 5.91 Å². The van der Waals surface area contributed by atoms with Crippen molar-refractivity contribution in [2.75, 3.05) is 37.7 Å². The average molecular weight is 416 g/mol. The number of carbonyl (C=O) groups is 1. The number of carbonyl (C=O) groups excluding carboxylic acids is 1. The molecule has 1 aromatic carbocycles. The molecule has 7 nitrogen and oxygen atoms in total. The second kappa shape index (κ2) is 9.37. The Labute approximate surface area is 175 Å². The number of likely N-dealkylation sites (N-methyl/N-ethyl adjacent to an activating group) is 1. The van der Waals surface area contributed by atoms with Crippen LogP contribution in [0.1, 0.15) is 36.8 Å². The fraction of sp³-hybridized carbons (Fsp3) is 0.476. The molecule has 0 unspecified atom stereocenters. The van der Waals surface area contributed by atoms with Crippen molar-refractivity contribution < 1.29 is 9.53 Å². The van der Waals surface area contributed by atoms with Gasteiger partial charge in [0.15, 0.2) is 5.13 Å². The van der Waals surface area contributed by atoms with Gasteiger partial charge in [-0.2, -0.15) is 5.10 Å². The lowest BCUT2D eigenvalue weighted by molar-refractivity contribution is 0.0974. The maximum absolute atomic E-state index is 13.5. The largest absolute Gasteiger partial charge is 0.492 e. The number of nitrogens with zero attached hydrogens (tertiary/aromatic N) is 5. The molecule has 0 aliphatic rings. The fourth-order valence-electron chi connectivity index (χ4n) is 3.35. The van der Waals surface area contributed by atoms with Gasteiger partial charge in [0, 0.05) is 20.1 Å². The van der Waals surface area contributed by atoms with Crippen molar-refractivity contribution in [2.45, 2.75) is 27.7 Å². The minimum atomic E-state index is -0.0772. The Hall–Kier alpha value is -2.45. The Morgan fingerprint density at radius 1 is 1.21 bits per heavy atom. The van der Waals surface area contributed by atoms with Crippen molar-refractivity contribution >= 4 is 32.6 Å². The maximum Gasteiger partial charge on any atom is 0.278 e. The van der Waals surface area contributed by atoms with Gasteiger partial charge < -0.3 is 9.64 Å². The monoisotopic (exact) mass is 415 g/mol. The molecular formula is C21H29N5O2S. The Bertz CT molecular complexity index is 957. The SMILES string of the molecule is CCOc1cccc2sc(N(CCN(CC)CC)C(=O)c3c(C)cnn3C)nc12. The molecule has 29 heavy (non-hydrogen) atoms. The third-order valence-corrected chi connectivity index (χ3v) is 6.05. The summed E-state index contributed by atoms with van der Waals surface area (Å²) in [5, 5.41) is 4.93. The lowest BCUT2D eigenvalue weighted by Gasteiger charge is -2.25. The van der Waals surface area contributed by atoms with Gasteiger partial charge in [0.25, 0.3) is 5.91 Å². The highest BCUT2D eigenvalue weighted by Crippen LogP contribution is 2.34. The van der Waals surface area contributed by atoms with Crippen LogP contribution in [0, 0.1) is 6.92 Å². The van der Waals surface area contributed by atoms with Gasteiger partial charge in [-0.1, -0.05) is 31.3 Å². The van der Waals surface area contributed by atoms with Crippen molar-refractivity contribution in [1.82, 2.24) is 19.7 Å². The van der Waals surface area contributed by atoms with Gasteiger partial charge in [-0.25, -0.2) is 4.98 Å². The first-order chi connectivity index (χ1) is 14.0. The third-order valence-electron chi connectivity index (χ3n) is 5.01. The highest BCUT2D eigenvalue weighted by molar-refractivity contribution is 7.22. The summed E-state index contributed by atoms with van der Waals surface area (Å²) < 4.78 is 8.38. The predicted octanol–water partition coefficient (Wildman–Crippen LogP) is 3.73. The Balaban J connectivity index is 2.01. The van der Waals surface area contributed by atoms with Crippen molar-refractivity contribution in [3.63, 3.8) is 0 Å². The fourth-order valence-corrected chi connectivity index (χ4v) is 4.35. The van der Waals surface area contributed by atoms with E-state index >= 15 is 0 Å². The molecule has 156 valence electrons. The van der Waals surface area contributed by atoms with E-state index in [0.29, 0.717) is 24.0 Å². The molecule has 2 aromatic heterocycles. The predicted molar refractivity (Wildman–Crippen MR) is 118 cm³/mol. The Morgan fingerprint density at radius 3 is 2.59 bits per heavy atom. The van der Waals surface area contributed by atoms with E-state index in [1.165, 1.54) is 11.3 Å². The van der Waals surface area contributed by atoms with Crippen LogP contribution in [0.2, 0.25) is 0 Å². The van der Waals surface area contributed by atoms with Gasteiger partial charge in [0.1, 0.15) is 17.0 Å². The molecule has 2 heterocycles. The quantitative estimate of drug-likeness (QED) is 0.533. The molecule has 0 aliphatic carbocycles. The summed E-state index contributed by atoms with van der Waals surface area (Å²) in [5.74, 6) is 0.673. The van der Waals surface area contributed by atoms with Gasteiger partial charge >= 0.3 is 0 Å². The second-order valence-corrected chi connectivity index (χ2v) is 7.82. The first-order valence-corrected chi connectivity index (χ1v) is 10.9. The van der Waals surface area contributed by atoms with E-state index in [1.807, 2.05) is 32.0 Å². The summed E-state index contributed by atoms with van der Waals surface area (Å²) in [7, 11) is 1.80. The highest BCUT2D eigenvalue weighted by Gasteiger charge is 2.26. The zero-order valence-corrected chi connectivity index (χ0v) is 18.6. The zero-order valence-electron chi connectivity index (χ0n) is 17.8. The normalized spacial score (nSPS) is 11.4. The number of fused-ring (bicyclic) bond motifs is 1. The molecule has 0 saturated heterocycles. The Kier molecular flexibility index (Phi) is 6.87. The smallest absolute Gasteiger partial charge is 0.278 e. The molecule has 0 saturated carbocycles. The topological polar surface area (TPSA) is 63.5 Å². The van der Waals surface area contributed by atoms with Gasteiger partial charge in [-0.3, -0.25) is 14.4 Å².